The van der Waals surface area contributed by atoms with Crippen LogP contribution in [0.3, 0.4) is 0 Å². The third-order valence-corrected chi connectivity index (χ3v) is 3.25. The van der Waals surface area contributed by atoms with Gasteiger partial charge in [0.1, 0.15) is 6.54 Å². The molecule has 0 radical (unpaired) electrons. The fraction of sp³-hybridized carbons (Fsp3) is 0.727. The van der Waals surface area contributed by atoms with Crippen molar-refractivity contribution in [2.75, 3.05) is 26.2 Å². The van der Waals surface area contributed by atoms with E-state index >= 15 is 0 Å². The van der Waals surface area contributed by atoms with Crippen LogP contribution in [0.5, 0.6) is 0 Å². The average molecular weight is 257 g/mol. The number of carboxylic acids is 1. The van der Waals surface area contributed by atoms with E-state index in [9.17, 15) is 14.4 Å². The number of carbonyl (C=O) groups excluding carboxylic acids is 2. The van der Waals surface area contributed by atoms with Crippen molar-refractivity contribution < 1.29 is 19.5 Å². The summed E-state index contributed by atoms with van der Waals surface area (Å²) in [6.45, 7) is 2.73. The molecule has 0 aromatic rings. The molecule has 1 saturated heterocycles. The molecule has 0 spiro atoms. The van der Waals surface area contributed by atoms with Gasteiger partial charge in [0.15, 0.2) is 0 Å². The standard InChI is InChI=1S/C11H19N3O4/c1-2-11(3-4-12-7-11)10(18)14-5-8(15)13-6-9(16)17/h12H,2-7H2,1H3,(H,13,15)(H,14,18)(H,16,17). The first-order valence-electron chi connectivity index (χ1n) is 5.98. The highest BCUT2D eigenvalue weighted by molar-refractivity contribution is 5.89. The second-order valence-corrected chi connectivity index (χ2v) is 4.41. The maximum absolute atomic E-state index is 12.0. The summed E-state index contributed by atoms with van der Waals surface area (Å²) in [5, 5.41) is 16.3. The van der Waals surface area contributed by atoms with Gasteiger partial charge in [-0.15, -0.1) is 0 Å². The molecule has 18 heavy (non-hydrogen) atoms. The topological polar surface area (TPSA) is 108 Å². The Balaban J connectivity index is 2.36. The summed E-state index contributed by atoms with van der Waals surface area (Å²) in [5.74, 6) is -1.76. The summed E-state index contributed by atoms with van der Waals surface area (Å²) in [4.78, 5) is 33.5. The van der Waals surface area contributed by atoms with E-state index in [1.807, 2.05) is 6.92 Å². The van der Waals surface area contributed by atoms with Gasteiger partial charge in [-0.2, -0.15) is 0 Å². The van der Waals surface area contributed by atoms with Gasteiger partial charge in [-0.3, -0.25) is 14.4 Å². The molecule has 1 aliphatic rings. The van der Waals surface area contributed by atoms with Crippen LogP contribution in [-0.2, 0) is 14.4 Å². The Morgan fingerprint density at radius 1 is 1.28 bits per heavy atom. The van der Waals surface area contributed by atoms with Gasteiger partial charge in [-0.05, 0) is 19.4 Å². The predicted octanol–water partition coefficient (Wildman–Crippen LogP) is -1.31. The Labute approximate surface area is 105 Å². The number of amides is 2. The Bertz CT molecular complexity index is 337. The molecule has 1 heterocycles. The maximum Gasteiger partial charge on any atom is 0.322 e. The summed E-state index contributed by atoms with van der Waals surface area (Å²) < 4.78 is 0. The van der Waals surface area contributed by atoms with Crippen molar-refractivity contribution in [3.8, 4) is 0 Å². The summed E-state index contributed by atoms with van der Waals surface area (Å²) >= 11 is 0. The van der Waals surface area contributed by atoms with Gasteiger partial charge in [0.2, 0.25) is 11.8 Å². The third-order valence-electron chi connectivity index (χ3n) is 3.25. The number of hydrogen-bond donors (Lipinski definition) is 4. The molecule has 1 fully saturated rings. The Hall–Kier alpha value is -1.63. The molecule has 0 aliphatic carbocycles. The van der Waals surface area contributed by atoms with Crippen molar-refractivity contribution in [1.29, 1.82) is 0 Å². The number of carbonyl (C=O) groups is 3. The van der Waals surface area contributed by atoms with Crippen LogP contribution in [-0.4, -0.2) is 49.1 Å². The minimum atomic E-state index is -1.11. The van der Waals surface area contributed by atoms with Gasteiger partial charge in [0.25, 0.3) is 0 Å². The minimum absolute atomic E-state index is 0.152. The summed E-state index contributed by atoms with van der Waals surface area (Å²) in [5.41, 5.74) is -0.437. The highest BCUT2D eigenvalue weighted by Gasteiger charge is 2.39. The first kappa shape index (κ1) is 14.4. The molecule has 1 atom stereocenters. The van der Waals surface area contributed by atoms with Gasteiger partial charge in [-0.25, -0.2) is 0 Å². The van der Waals surface area contributed by atoms with Crippen molar-refractivity contribution >= 4 is 17.8 Å². The van der Waals surface area contributed by atoms with Gasteiger partial charge in [-0.1, -0.05) is 6.92 Å². The molecular formula is C11H19N3O4. The maximum atomic E-state index is 12.0. The van der Waals surface area contributed by atoms with Crippen molar-refractivity contribution in [1.82, 2.24) is 16.0 Å². The molecule has 2 amide bonds. The van der Waals surface area contributed by atoms with E-state index < -0.39 is 23.8 Å². The van der Waals surface area contributed by atoms with E-state index in [2.05, 4.69) is 16.0 Å². The molecule has 102 valence electrons. The molecule has 0 saturated carbocycles. The Kier molecular flexibility index (Phi) is 5.08. The minimum Gasteiger partial charge on any atom is -0.480 e. The number of aliphatic carboxylic acids is 1. The van der Waals surface area contributed by atoms with E-state index in [1.165, 1.54) is 0 Å². The predicted molar refractivity (Wildman–Crippen MR) is 63.9 cm³/mol. The van der Waals surface area contributed by atoms with Gasteiger partial charge < -0.3 is 21.1 Å². The molecule has 1 unspecified atom stereocenters. The van der Waals surface area contributed by atoms with Crippen LogP contribution in [0.1, 0.15) is 19.8 Å². The lowest BCUT2D eigenvalue weighted by Crippen LogP contribution is -2.46. The summed E-state index contributed by atoms with van der Waals surface area (Å²) in [7, 11) is 0. The van der Waals surface area contributed by atoms with Crippen LogP contribution < -0.4 is 16.0 Å². The summed E-state index contributed by atoms with van der Waals surface area (Å²) in [6, 6.07) is 0. The number of rotatable bonds is 6. The number of hydrogen-bond acceptors (Lipinski definition) is 4. The van der Waals surface area contributed by atoms with Gasteiger partial charge in [0.05, 0.1) is 12.0 Å². The number of nitrogens with one attached hydrogen (secondary N) is 3. The van der Waals surface area contributed by atoms with Crippen molar-refractivity contribution in [2.24, 2.45) is 5.41 Å². The SMILES string of the molecule is CCC1(C(=O)NCC(=O)NCC(=O)O)CCNC1. The first-order chi connectivity index (χ1) is 8.50. The third kappa shape index (κ3) is 3.69. The van der Waals surface area contributed by atoms with Crippen molar-refractivity contribution in [2.45, 2.75) is 19.8 Å². The van der Waals surface area contributed by atoms with E-state index in [1.54, 1.807) is 0 Å². The Morgan fingerprint density at radius 2 is 2.00 bits per heavy atom. The van der Waals surface area contributed by atoms with E-state index in [0.717, 1.165) is 13.0 Å². The van der Waals surface area contributed by atoms with Crippen molar-refractivity contribution in [3.05, 3.63) is 0 Å². The molecule has 7 heteroatoms. The van der Waals surface area contributed by atoms with Crippen LogP contribution in [0.2, 0.25) is 0 Å². The van der Waals surface area contributed by atoms with Gasteiger partial charge in [0, 0.05) is 6.54 Å². The average Bonchev–Trinajstić information content (AvgIpc) is 2.83. The molecule has 0 aromatic heterocycles. The monoisotopic (exact) mass is 257 g/mol. The van der Waals surface area contributed by atoms with Crippen LogP contribution >= 0.6 is 0 Å². The molecule has 1 aliphatic heterocycles. The zero-order valence-electron chi connectivity index (χ0n) is 10.4. The largest absolute Gasteiger partial charge is 0.480 e. The van der Waals surface area contributed by atoms with Crippen LogP contribution in [0.4, 0.5) is 0 Å². The highest BCUT2D eigenvalue weighted by atomic mass is 16.4. The van der Waals surface area contributed by atoms with Crippen LogP contribution in [0.25, 0.3) is 0 Å². The molecular weight excluding hydrogens is 238 g/mol. The smallest absolute Gasteiger partial charge is 0.322 e. The van der Waals surface area contributed by atoms with Gasteiger partial charge >= 0.3 is 5.97 Å². The lowest BCUT2D eigenvalue weighted by Gasteiger charge is -2.24. The normalized spacial score (nSPS) is 22.5. The quantitative estimate of drug-likeness (QED) is 0.473. The molecule has 4 N–H and O–H groups in total. The van der Waals surface area contributed by atoms with Crippen LogP contribution in [0, 0.1) is 5.41 Å². The number of carboxylic acid groups (broad SMARTS) is 1. The Morgan fingerprint density at radius 3 is 2.50 bits per heavy atom. The van der Waals surface area contributed by atoms with Crippen LogP contribution in [0.15, 0.2) is 0 Å². The second kappa shape index (κ2) is 6.34. The fourth-order valence-corrected chi connectivity index (χ4v) is 1.98. The van der Waals surface area contributed by atoms with E-state index in [-0.39, 0.29) is 12.5 Å². The van der Waals surface area contributed by atoms with Crippen molar-refractivity contribution in [3.63, 3.8) is 0 Å². The van der Waals surface area contributed by atoms with E-state index in [4.69, 9.17) is 5.11 Å². The molecule has 1 rings (SSSR count). The lowest BCUT2D eigenvalue weighted by molar-refractivity contribution is -0.138. The lowest BCUT2D eigenvalue weighted by atomic mass is 9.83. The highest BCUT2D eigenvalue weighted by Crippen LogP contribution is 2.29. The first-order valence-corrected chi connectivity index (χ1v) is 5.98. The molecule has 0 bridgehead atoms. The second-order valence-electron chi connectivity index (χ2n) is 4.41. The van der Waals surface area contributed by atoms with E-state index in [0.29, 0.717) is 13.0 Å². The molecule has 7 nitrogen and oxygen atoms in total. The fourth-order valence-electron chi connectivity index (χ4n) is 1.98. The zero-order chi connectivity index (χ0) is 13.6. The zero-order valence-corrected chi connectivity index (χ0v) is 10.4. The summed E-state index contributed by atoms with van der Waals surface area (Å²) in [6.07, 6.45) is 1.47. The molecule has 0 aromatic carbocycles.